The van der Waals surface area contributed by atoms with Crippen molar-refractivity contribution in [1.29, 1.82) is 0 Å². The van der Waals surface area contributed by atoms with Crippen LogP contribution < -0.4 is 9.86 Å². The maximum absolute atomic E-state index is 12.6. The standard InChI is InChI=1S/C18H20N4O3S2/c1-2-14-16(22-8-3-9-27(22,24)25)10-13(17(23)20-14)15-11-26-18(21-15)12-4-6-19-7-5-12/h4-7,10-11,24-25H,2-3,8-9H2,1H3,(H,20,23). The van der Waals surface area contributed by atoms with Crippen molar-refractivity contribution < 1.29 is 9.11 Å². The van der Waals surface area contributed by atoms with Crippen LogP contribution in [0.1, 0.15) is 19.0 Å². The molecule has 7 nitrogen and oxygen atoms in total. The second-order valence-corrected chi connectivity index (χ2v) is 9.27. The van der Waals surface area contributed by atoms with Crippen LogP contribution in [0.5, 0.6) is 0 Å². The molecule has 0 atom stereocenters. The Morgan fingerprint density at radius 1 is 1.33 bits per heavy atom. The molecule has 1 aliphatic heterocycles. The van der Waals surface area contributed by atoms with E-state index in [-0.39, 0.29) is 5.56 Å². The van der Waals surface area contributed by atoms with Gasteiger partial charge in [-0.2, -0.15) is 0 Å². The Morgan fingerprint density at radius 2 is 2.11 bits per heavy atom. The van der Waals surface area contributed by atoms with Gasteiger partial charge in [-0.15, -0.1) is 22.1 Å². The Bertz CT molecular complexity index is 1020. The summed E-state index contributed by atoms with van der Waals surface area (Å²) < 4.78 is 22.4. The van der Waals surface area contributed by atoms with Crippen LogP contribution in [0.15, 0.2) is 40.8 Å². The van der Waals surface area contributed by atoms with Gasteiger partial charge in [-0.25, -0.2) is 4.98 Å². The van der Waals surface area contributed by atoms with Crippen molar-refractivity contribution in [2.75, 3.05) is 16.6 Å². The molecule has 1 aliphatic rings. The zero-order valence-electron chi connectivity index (χ0n) is 14.8. The van der Waals surface area contributed by atoms with E-state index in [2.05, 4.69) is 15.0 Å². The zero-order chi connectivity index (χ0) is 19.0. The van der Waals surface area contributed by atoms with Gasteiger partial charge in [-0.3, -0.25) is 23.2 Å². The van der Waals surface area contributed by atoms with E-state index < -0.39 is 10.8 Å². The number of thiazole rings is 1. The van der Waals surface area contributed by atoms with Crippen LogP contribution in [0.4, 0.5) is 5.69 Å². The van der Waals surface area contributed by atoms with E-state index in [0.29, 0.717) is 47.8 Å². The molecule has 0 spiro atoms. The largest absolute Gasteiger partial charge is 0.324 e. The molecule has 0 amide bonds. The summed E-state index contributed by atoms with van der Waals surface area (Å²) in [6.07, 6.45) is 4.71. The van der Waals surface area contributed by atoms with E-state index in [1.807, 2.05) is 24.4 Å². The molecule has 0 unspecified atom stereocenters. The lowest BCUT2D eigenvalue weighted by Crippen LogP contribution is -2.25. The Balaban J connectivity index is 1.79. The number of pyridine rings is 2. The highest BCUT2D eigenvalue weighted by Gasteiger charge is 2.31. The zero-order valence-corrected chi connectivity index (χ0v) is 16.4. The molecule has 27 heavy (non-hydrogen) atoms. The number of anilines is 1. The molecule has 3 N–H and O–H groups in total. The third kappa shape index (κ3) is 3.39. The first kappa shape index (κ1) is 18.2. The van der Waals surface area contributed by atoms with Crippen LogP contribution in [-0.2, 0) is 6.42 Å². The lowest BCUT2D eigenvalue weighted by molar-refractivity contribution is 0.491. The molecule has 0 aromatic carbocycles. The smallest absolute Gasteiger partial charge is 0.257 e. The molecular weight excluding hydrogens is 384 g/mol. The number of hydrogen-bond acceptors (Lipinski definition) is 7. The Morgan fingerprint density at radius 3 is 2.78 bits per heavy atom. The van der Waals surface area contributed by atoms with Crippen molar-refractivity contribution >= 4 is 27.8 Å². The molecule has 9 heteroatoms. The minimum atomic E-state index is -2.84. The Hall–Kier alpha value is -2.20. The van der Waals surface area contributed by atoms with Crippen molar-refractivity contribution in [3.63, 3.8) is 0 Å². The minimum Gasteiger partial charge on any atom is -0.324 e. The molecule has 3 aromatic heterocycles. The van der Waals surface area contributed by atoms with E-state index in [4.69, 9.17) is 0 Å². The summed E-state index contributed by atoms with van der Waals surface area (Å²) in [5, 5.41) is 2.65. The van der Waals surface area contributed by atoms with Gasteiger partial charge in [0.15, 0.2) is 0 Å². The molecule has 4 heterocycles. The lowest BCUT2D eigenvalue weighted by Gasteiger charge is -2.39. The number of H-pyrrole nitrogens is 1. The van der Waals surface area contributed by atoms with Gasteiger partial charge in [0, 0.05) is 35.6 Å². The van der Waals surface area contributed by atoms with Crippen molar-refractivity contribution in [2.24, 2.45) is 0 Å². The van der Waals surface area contributed by atoms with Crippen LogP contribution in [0.25, 0.3) is 21.8 Å². The van der Waals surface area contributed by atoms with E-state index >= 15 is 0 Å². The maximum atomic E-state index is 12.6. The molecule has 0 aliphatic carbocycles. The summed E-state index contributed by atoms with van der Waals surface area (Å²) in [6, 6.07) is 5.48. The van der Waals surface area contributed by atoms with Crippen LogP contribution in [-0.4, -0.2) is 36.4 Å². The van der Waals surface area contributed by atoms with Crippen molar-refractivity contribution in [3.05, 3.63) is 52.0 Å². The summed E-state index contributed by atoms with van der Waals surface area (Å²) >= 11 is 1.46. The highest BCUT2D eigenvalue weighted by atomic mass is 32.3. The monoisotopic (exact) mass is 404 g/mol. The number of aryl methyl sites for hydroxylation is 1. The van der Waals surface area contributed by atoms with Gasteiger partial charge in [0.2, 0.25) is 0 Å². The van der Waals surface area contributed by atoms with E-state index in [1.54, 1.807) is 22.8 Å². The maximum Gasteiger partial charge on any atom is 0.257 e. The third-order valence-corrected chi connectivity index (χ3v) is 7.37. The topological polar surface area (TPSA) is 102 Å². The van der Waals surface area contributed by atoms with Gasteiger partial charge < -0.3 is 4.98 Å². The number of aromatic amines is 1. The van der Waals surface area contributed by atoms with Gasteiger partial charge in [-0.05, 0) is 31.0 Å². The summed E-state index contributed by atoms with van der Waals surface area (Å²) in [5.74, 6) is 0.355. The second-order valence-electron chi connectivity index (χ2n) is 6.30. The summed E-state index contributed by atoms with van der Waals surface area (Å²) in [7, 11) is -2.84. The molecule has 0 bridgehead atoms. The molecule has 4 rings (SSSR count). The van der Waals surface area contributed by atoms with Gasteiger partial charge in [0.05, 0.1) is 22.7 Å². The van der Waals surface area contributed by atoms with Gasteiger partial charge in [-0.1, -0.05) is 6.92 Å². The highest BCUT2D eigenvalue weighted by Crippen LogP contribution is 2.51. The summed E-state index contributed by atoms with van der Waals surface area (Å²) in [6.45, 7) is 2.49. The van der Waals surface area contributed by atoms with E-state index in [1.165, 1.54) is 11.3 Å². The number of nitrogens with one attached hydrogen (secondary N) is 1. The number of hydrogen-bond donors (Lipinski definition) is 3. The minimum absolute atomic E-state index is 0.224. The lowest BCUT2D eigenvalue weighted by atomic mass is 10.1. The summed E-state index contributed by atoms with van der Waals surface area (Å²) in [5.41, 5.74) is 3.10. The van der Waals surface area contributed by atoms with Crippen LogP contribution >= 0.6 is 22.1 Å². The highest BCUT2D eigenvalue weighted by molar-refractivity contribution is 8.25. The SMILES string of the molecule is CCc1[nH]c(=O)c(-c2csc(-c3ccncc3)n2)cc1N1CCCS1(O)O. The van der Waals surface area contributed by atoms with Gasteiger partial charge >= 0.3 is 0 Å². The first-order chi connectivity index (χ1) is 13.0. The molecule has 0 saturated carbocycles. The first-order valence-electron chi connectivity index (χ1n) is 8.65. The fraction of sp³-hybridized carbons (Fsp3) is 0.278. The predicted molar refractivity (Wildman–Crippen MR) is 110 cm³/mol. The average molecular weight is 405 g/mol. The Kier molecular flexibility index (Phi) is 4.77. The Labute approximate surface area is 162 Å². The van der Waals surface area contributed by atoms with Crippen LogP contribution in [0.2, 0.25) is 0 Å². The number of aromatic nitrogens is 3. The average Bonchev–Trinajstić information content (AvgIpc) is 3.28. The normalized spacial score (nSPS) is 17.2. The second kappa shape index (κ2) is 7.08. The summed E-state index contributed by atoms with van der Waals surface area (Å²) in [4.78, 5) is 24.2. The van der Waals surface area contributed by atoms with E-state index in [0.717, 1.165) is 10.6 Å². The number of nitrogens with zero attached hydrogens (tertiary/aromatic N) is 3. The molecular formula is C18H20N4O3S2. The molecule has 0 radical (unpaired) electrons. The molecule has 1 fully saturated rings. The fourth-order valence-electron chi connectivity index (χ4n) is 3.20. The van der Waals surface area contributed by atoms with Crippen molar-refractivity contribution in [3.8, 4) is 21.8 Å². The number of rotatable bonds is 4. The molecule has 142 valence electrons. The van der Waals surface area contributed by atoms with Gasteiger partial charge in [0.1, 0.15) is 5.01 Å². The van der Waals surface area contributed by atoms with E-state index in [9.17, 15) is 13.9 Å². The molecule has 3 aromatic rings. The van der Waals surface area contributed by atoms with Crippen LogP contribution in [0.3, 0.4) is 0 Å². The first-order valence-corrected chi connectivity index (χ1v) is 11.2. The van der Waals surface area contributed by atoms with Gasteiger partial charge in [0.25, 0.3) is 5.56 Å². The third-order valence-electron chi connectivity index (χ3n) is 4.56. The fourth-order valence-corrected chi connectivity index (χ4v) is 5.66. The van der Waals surface area contributed by atoms with Crippen molar-refractivity contribution in [1.82, 2.24) is 15.0 Å². The van der Waals surface area contributed by atoms with Crippen molar-refractivity contribution in [2.45, 2.75) is 19.8 Å². The molecule has 1 saturated heterocycles. The quantitative estimate of drug-likeness (QED) is 0.607. The predicted octanol–water partition coefficient (Wildman–Crippen LogP) is 4.00. The van der Waals surface area contributed by atoms with Crippen LogP contribution in [0, 0.1) is 0 Å².